The number of nitrogens with one attached hydrogen (secondary N) is 1. The Hall–Kier alpha value is -2.64. The van der Waals surface area contributed by atoms with Crippen molar-refractivity contribution in [3.63, 3.8) is 0 Å². The van der Waals surface area contributed by atoms with Gasteiger partial charge in [-0.15, -0.1) is 4.85 Å². The van der Waals surface area contributed by atoms with E-state index in [0.717, 1.165) is 5.56 Å². The third-order valence-electron chi connectivity index (χ3n) is 2.61. The van der Waals surface area contributed by atoms with Gasteiger partial charge in [-0.1, -0.05) is 5.10 Å². The molecule has 0 amide bonds. The molecular weight excluding hydrogens is 236 g/mol. The van der Waals surface area contributed by atoms with Gasteiger partial charge in [0, 0.05) is 5.56 Å². The van der Waals surface area contributed by atoms with Crippen LogP contribution in [-0.4, -0.2) is 5.10 Å². The molecule has 1 atom stereocenters. The van der Waals surface area contributed by atoms with Gasteiger partial charge in [0.25, 0.3) is 0 Å². The zero-order chi connectivity index (χ0) is 13.3. The van der Waals surface area contributed by atoms with Gasteiger partial charge in [0.1, 0.15) is 5.69 Å². The van der Waals surface area contributed by atoms with Crippen molar-refractivity contribution in [2.45, 2.75) is 13.0 Å². The van der Waals surface area contributed by atoms with Gasteiger partial charge in [0.05, 0.1) is 18.6 Å². The SMILES string of the molecule is CC(Nc1n[n+]([O-])c(N)c(N)c1N)c1ccoc1. The molecule has 1 unspecified atom stereocenters. The molecule has 0 aromatic carbocycles. The number of hydrogen-bond donors (Lipinski definition) is 4. The summed E-state index contributed by atoms with van der Waals surface area (Å²) in [7, 11) is 0. The molecule has 96 valence electrons. The first kappa shape index (κ1) is 11.8. The highest BCUT2D eigenvalue weighted by atomic mass is 16.5. The lowest BCUT2D eigenvalue weighted by Gasteiger charge is -2.16. The van der Waals surface area contributed by atoms with E-state index < -0.39 is 0 Å². The normalized spacial score (nSPS) is 12.3. The van der Waals surface area contributed by atoms with E-state index >= 15 is 0 Å². The number of rotatable bonds is 3. The monoisotopic (exact) mass is 250 g/mol. The lowest BCUT2D eigenvalue weighted by atomic mass is 10.2. The van der Waals surface area contributed by atoms with E-state index in [1.807, 2.05) is 6.92 Å². The van der Waals surface area contributed by atoms with Crippen LogP contribution in [0.4, 0.5) is 23.0 Å². The van der Waals surface area contributed by atoms with E-state index in [2.05, 4.69) is 10.4 Å². The number of aromatic nitrogens is 2. The van der Waals surface area contributed by atoms with Gasteiger partial charge in [-0.05, 0) is 13.0 Å². The van der Waals surface area contributed by atoms with Crippen molar-refractivity contribution in [2.24, 2.45) is 0 Å². The Balaban J connectivity index is 2.30. The van der Waals surface area contributed by atoms with E-state index in [0.29, 0.717) is 0 Å². The van der Waals surface area contributed by atoms with Crippen molar-refractivity contribution in [2.75, 3.05) is 22.5 Å². The van der Waals surface area contributed by atoms with E-state index in [1.54, 1.807) is 18.6 Å². The summed E-state index contributed by atoms with van der Waals surface area (Å²) in [6, 6.07) is 1.65. The lowest BCUT2D eigenvalue weighted by molar-refractivity contribution is -0.652. The standard InChI is InChI=1S/C10H14N6O2/c1-5(6-2-3-18-4-6)14-10-8(12)7(11)9(13)16(17)15-10/h2-5H,11-13H2,1H3,(H,14,15). The summed E-state index contributed by atoms with van der Waals surface area (Å²) < 4.78 is 4.97. The van der Waals surface area contributed by atoms with E-state index in [4.69, 9.17) is 21.6 Å². The van der Waals surface area contributed by atoms with Crippen LogP contribution in [0.5, 0.6) is 0 Å². The molecule has 2 aromatic rings. The Morgan fingerprint density at radius 3 is 2.72 bits per heavy atom. The molecular formula is C10H14N6O2. The van der Waals surface area contributed by atoms with Crippen molar-refractivity contribution < 1.29 is 9.26 Å². The second-order valence-electron chi connectivity index (χ2n) is 3.86. The van der Waals surface area contributed by atoms with Gasteiger partial charge >= 0.3 is 5.82 Å². The van der Waals surface area contributed by atoms with Crippen molar-refractivity contribution in [3.8, 4) is 0 Å². The maximum absolute atomic E-state index is 11.4. The second kappa shape index (κ2) is 4.32. The average molecular weight is 250 g/mol. The Bertz CT molecular complexity index is 554. The fourth-order valence-electron chi connectivity index (χ4n) is 1.48. The predicted octanol–water partition coefficient (Wildman–Crippen LogP) is 0.228. The third-order valence-corrected chi connectivity index (χ3v) is 2.61. The van der Waals surface area contributed by atoms with E-state index in [9.17, 15) is 5.21 Å². The minimum atomic E-state index is -0.214. The molecule has 0 radical (unpaired) electrons. The molecule has 0 aliphatic rings. The van der Waals surface area contributed by atoms with Crippen molar-refractivity contribution in [3.05, 3.63) is 29.4 Å². The van der Waals surface area contributed by atoms with Gasteiger partial charge in [-0.2, -0.15) is 0 Å². The van der Waals surface area contributed by atoms with Crippen molar-refractivity contribution >= 4 is 23.0 Å². The molecule has 8 nitrogen and oxygen atoms in total. The van der Waals surface area contributed by atoms with Gasteiger partial charge in [-0.3, -0.25) is 5.73 Å². The third kappa shape index (κ3) is 1.95. The molecule has 7 N–H and O–H groups in total. The molecule has 0 bridgehead atoms. The summed E-state index contributed by atoms with van der Waals surface area (Å²) in [5, 5.41) is 18.0. The number of nitrogens with two attached hydrogens (primary N) is 3. The summed E-state index contributed by atoms with van der Waals surface area (Å²) in [4.78, 5) is 0.232. The first-order valence-electron chi connectivity index (χ1n) is 5.23. The molecule has 0 spiro atoms. The van der Waals surface area contributed by atoms with Crippen LogP contribution >= 0.6 is 0 Å². The second-order valence-corrected chi connectivity index (χ2v) is 3.86. The van der Waals surface area contributed by atoms with Crippen LogP contribution in [0.3, 0.4) is 0 Å². The summed E-state index contributed by atoms with van der Waals surface area (Å²) in [5.74, 6) is -0.0283. The number of nitrogens with zero attached hydrogens (tertiary/aromatic N) is 2. The van der Waals surface area contributed by atoms with Crippen LogP contribution < -0.4 is 27.4 Å². The quantitative estimate of drug-likeness (QED) is 0.450. The van der Waals surface area contributed by atoms with Crippen LogP contribution in [0.25, 0.3) is 0 Å². The van der Waals surface area contributed by atoms with Gasteiger partial charge in [-0.25, -0.2) is 0 Å². The first-order chi connectivity index (χ1) is 8.50. The molecule has 2 aromatic heterocycles. The average Bonchev–Trinajstić information content (AvgIpc) is 2.87. The maximum atomic E-state index is 11.4. The van der Waals surface area contributed by atoms with Gasteiger partial charge < -0.3 is 26.4 Å². The minimum Gasteiger partial charge on any atom is -0.691 e. The number of furan rings is 1. The van der Waals surface area contributed by atoms with Crippen LogP contribution in [-0.2, 0) is 0 Å². The van der Waals surface area contributed by atoms with E-state index in [-0.39, 0.29) is 33.9 Å². The number of hydrogen-bond acceptors (Lipinski definition) is 7. The first-order valence-corrected chi connectivity index (χ1v) is 5.23. The molecule has 0 saturated heterocycles. The van der Waals surface area contributed by atoms with Crippen LogP contribution in [0.2, 0.25) is 0 Å². The molecule has 0 fully saturated rings. The van der Waals surface area contributed by atoms with Crippen molar-refractivity contribution in [1.29, 1.82) is 0 Å². The fraction of sp³-hybridized carbons (Fsp3) is 0.200. The Morgan fingerprint density at radius 2 is 2.11 bits per heavy atom. The maximum Gasteiger partial charge on any atom is 0.322 e. The Kier molecular flexibility index (Phi) is 2.84. The smallest absolute Gasteiger partial charge is 0.322 e. The molecule has 0 aliphatic carbocycles. The summed E-state index contributed by atoms with van der Waals surface area (Å²) in [5.41, 5.74) is 17.8. The van der Waals surface area contributed by atoms with Gasteiger partial charge in [0.15, 0.2) is 11.5 Å². The molecule has 8 heteroatoms. The van der Waals surface area contributed by atoms with Crippen LogP contribution in [0, 0.1) is 5.21 Å². The number of nitrogen functional groups attached to an aromatic ring is 3. The molecule has 2 heterocycles. The van der Waals surface area contributed by atoms with Crippen molar-refractivity contribution in [1.82, 2.24) is 5.10 Å². The molecule has 0 saturated carbocycles. The molecule has 0 aliphatic heterocycles. The largest absolute Gasteiger partial charge is 0.691 e. The Labute approximate surface area is 103 Å². The summed E-state index contributed by atoms with van der Waals surface area (Å²) in [6.07, 6.45) is 3.13. The van der Waals surface area contributed by atoms with Gasteiger partial charge in [0.2, 0.25) is 0 Å². The molecule has 2 rings (SSSR count). The summed E-state index contributed by atoms with van der Waals surface area (Å²) in [6.45, 7) is 1.87. The molecule has 18 heavy (non-hydrogen) atoms. The summed E-state index contributed by atoms with van der Waals surface area (Å²) >= 11 is 0. The van der Waals surface area contributed by atoms with Crippen LogP contribution in [0.15, 0.2) is 23.0 Å². The topological polar surface area (TPSA) is 143 Å². The fourth-order valence-corrected chi connectivity index (χ4v) is 1.48. The Morgan fingerprint density at radius 1 is 1.39 bits per heavy atom. The zero-order valence-corrected chi connectivity index (χ0v) is 9.75. The lowest BCUT2D eigenvalue weighted by Crippen LogP contribution is -2.37. The predicted molar refractivity (Wildman–Crippen MR) is 67.2 cm³/mol. The number of anilines is 4. The highest BCUT2D eigenvalue weighted by molar-refractivity contribution is 5.80. The van der Waals surface area contributed by atoms with Crippen LogP contribution in [0.1, 0.15) is 18.5 Å². The minimum absolute atomic E-state index is 0.0156. The zero-order valence-electron chi connectivity index (χ0n) is 9.75. The van der Waals surface area contributed by atoms with E-state index in [1.165, 1.54) is 0 Å². The highest BCUT2D eigenvalue weighted by Crippen LogP contribution is 2.27. The highest BCUT2D eigenvalue weighted by Gasteiger charge is 2.17.